The summed E-state index contributed by atoms with van der Waals surface area (Å²) in [6, 6.07) is 0. The van der Waals surface area contributed by atoms with Crippen molar-refractivity contribution in [3.63, 3.8) is 0 Å². The van der Waals surface area contributed by atoms with E-state index in [2.05, 4.69) is 31.2 Å². The number of aromatic nitrogens is 4. The fourth-order valence-electron chi connectivity index (χ4n) is 1.52. The van der Waals surface area contributed by atoms with Crippen LogP contribution in [0, 0.1) is 0 Å². The molecule has 0 aliphatic carbocycles. The lowest BCUT2D eigenvalue weighted by Gasteiger charge is -2.16. The molecule has 96 valence electrons. The Labute approximate surface area is 117 Å². The van der Waals surface area contributed by atoms with E-state index >= 15 is 0 Å². The Kier molecular flexibility index (Phi) is 3.72. The van der Waals surface area contributed by atoms with Gasteiger partial charge < -0.3 is 4.90 Å². The van der Waals surface area contributed by atoms with Crippen LogP contribution in [0.5, 0.6) is 0 Å². The van der Waals surface area contributed by atoms with Gasteiger partial charge in [-0.2, -0.15) is 10.2 Å². The van der Waals surface area contributed by atoms with Crippen molar-refractivity contribution in [2.45, 2.75) is 6.54 Å². The lowest BCUT2D eigenvalue weighted by atomic mass is 10.3. The second-order valence-electron chi connectivity index (χ2n) is 3.82. The molecule has 0 radical (unpaired) electrons. The third kappa shape index (κ3) is 2.41. The molecule has 0 bridgehead atoms. The molecule has 1 amide bonds. The third-order valence-electron chi connectivity index (χ3n) is 2.55. The van der Waals surface area contributed by atoms with Crippen molar-refractivity contribution in [1.29, 1.82) is 0 Å². The molecule has 6 nitrogen and oxygen atoms in total. The number of nitrogens with one attached hydrogen (secondary N) is 1. The first kappa shape index (κ1) is 13.1. The van der Waals surface area contributed by atoms with E-state index in [1.165, 1.54) is 6.20 Å². The molecule has 0 saturated carbocycles. The summed E-state index contributed by atoms with van der Waals surface area (Å²) in [5.74, 6) is -0.217. The highest BCUT2D eigenvalue weighted by molar-refractivity contribution is 9.10. The van der Waals surface area contributed by atoms with Crippen molar-refractivity contribution < 1.29 is 4.79 Å². The van der Waals surface area contributed by atoms with Crippen molar-refractivity contribution in [2.24, 2.45) is 7.05 Å². The van der Waals surface area contributed by atoms with Crippen LogP contribution < -0.4 is 0 Å². The van der Waals surface area contributed by atoms with E-state index in [0.717, 1.165) is 10.2 Å². The van der Waals surface area contributed by atoms with Crippen molar-refractivity contribution in [3.8, 4) is 0 Å². The number of nitrogens with zero attached hydrogens (tertiary/aromatic N) is 4. The van der Waals surface area contributed by atoms with Gasteiger partial charge in [0.25, 0.3) is 5.91 Å². The Morgan fingerprint density at radius 3 is 2.83 bits per heavy atom. The molecule has 2 heterocycles. The van der Waals surface area contributed by atoms with Crippen LogP contribution in [0.2, 0.25) is 5.02 Å². The summed E-state index contributed by atoms with van der Waals surface area (Å²) in [6.07, 6.45) is 3.10. The summed E-state index contributed by atoms with van der Waals surface area (Å²) < 4.78 is 2.57. The van der Waals surface area contributed by atoms with E-state index < -0.39 is 0 Å². The zero-order valence-corrected chi connectivity index (χ0v) is 12.2. The molecular formula is C10H11BrClN5O. The smallest absolute Gasteiger partial charge is 0.273 e. The topological polar surface area (TPSA) is 66.8 Å². The molecule has 2 aromatic rings. The van der Waals surface area contributed by atoms with E-state index in [-0.39, 0.29) is 11.6 Å². The molecule has 18 heavy (non-hydrogen) atoms. The number of halogens is 2. The maximum absolute atomic E-state index is 12.1. The zero-order valence-electron chi connectivity index (χ0n) is 9.81. The minimum absolute atomic E-state index is 0.217. The van der Waals surface area contributed by atoms with E-state index in [9.17, 15) is 4.79 Å². The van der Waals surface area contributed by atoms with Gasteiger partial charge in [-0.1, -0.05) is 11.6 Å². The van der Waals surface area contributed by atoms with Gasteiger partial charge in [0.15, 0.2) is 0 Å². The maximum Gasteiger partial charge on any atom is 0.273 e. The SMILES string of the molecule is CN(Cc1c(Br)cnn1C)C(=O)c1[nH]ncc1Cl. The summed E-state index contributed by atoms with van der Waals surface area (Å²) in [4.78, 5) is 13.6. The van der Waals surface area contributed by atoms with Gasteiger partial charge in [-0.25, -0.2) is 0 Å². The molecule has 2 aromatic heterocycles. The lowest BCUT2D eigenvalue weighted by Crippen LogP contribution is -2.28. The summed E-state index contributed by atoms with van der Waals surface area (Å²) >= 11 is 9.25. The molecule has 0 unspecified atom stereocenters. The van der Waals surface area contributed by atoms with Crippen molar-refractivity contribution in [2.75, 3.05) is 7.05 Å². The molecule has 0 atom stereocenters. The second kappa shape index (κ2) is 5.11. The minimum atomic E-state index is -0.217. The molecule has 8 heteroatoms. The summed E-state index contributed by atoms with van der Waals surface area (Å²) in [6.45, 7) is 0.422. The highest BCUT2D eigenvalue weighted by atomic mass is 79.9. The van der Waals surface area contributed by atoms with Gasteiger partial charge in [0.05, 0.1) is 34.1 Å². The Morgan fingerprint density at radius 2 is 2.33 bits per heavy atom. The van der Waals surface area contributed by atoms with Gasteiger partial charge in [-0.15, -0.1) is 0 Å². The van der Waals surface area contributed by atoms with Crippen LogP contribution in [0.3, 0.4) is 0 Å². The molecule has 0 aromatic carbocycles. The van der Waals surface area contributed by atoms with E-state index in [1.807, 2.05) is 7.05 Å². The quantitative estimate of drug-likeness (QED) is 0.932. The monoisotopic (exact) mass is 331 g/mol. The van der Waals surface area contributed by atoms with Gasteiger partial charge in [0, 0.05) is 14.1 Å². The normalized spacial score (nSPS) is 10.7. The maximum atomic E-state index is 12.1. The van der Waals surface area contributed by atoms with Crippen LogP contribution in [0.4, 0.5) is 0 Å². The molecular weight excluding hydrogens is 322 g/mol. The Hall–Kier alpha value is -1.34. The first-order valence-corrected chi connectivity index (χ1v) is 6.28. The van der Waals surface area contributed by atoms with Crippen LogP contribution in [-0.2, 0) is 13.6 Å². The van der Waals surface area contributed by atoms with Gasteiger partial charge in [0.2, 0.25) is 0 Å². The fraction of sp³-hybridized carbons (Fsp3) is 0.300. The van der Waals surface area contributed by atoms with Crippen molar-refractivity contribution in [1.82, 2.24) is 24.9 Å². The zero-order chi connectivity index (χ0) is 13.3. The number of amides is 1. The summed E-state index contributed by atoms with van der Waals surface area (Å²) in [7, 11) is 3.51. The highest BCUT2D eigenvalue weighted by Crippen LogP contribution is 2.19. The molecule has 0 aliphatic heterocycles. The number of aryl methyl sites for hydroxylation is 1. The third-order valence-corrected chi connectivity index (χ3v) is 3.50. The number of rotatable bonds is 3. The van der Waals surface area contributed by atoms with Crippen LogP contribution in [0.1, 0.15) is 16.2 Å². The van der Waals surface area contributed by atoms with Crippen molar-refractivity contribution in [3.05, 3.63) is 33.3 Å². The van der Waals surface area contributed by atoms with Gasteiger partial charge >= 0.3 is 0 Å². The predicted octanol–water partition coefficient (Wildman–Crippen LogP) is 1.83. The molecule has 0 saturated heterocycles. The van der Waals surface area contributed by atoms with Crippen LogP contribution in [0.25, 0.3) is 0 Å². The van der Waals surface area contributed by atoms with Crippen LogP contribution >= 0.6 is 27.5 Å². The van der Waals surface area contributed by atoms with E-state index in [0.29, 0.717) is 11.6 Å². The minimum Gasteiger partial charge on any atom is -0.334 e. The number of carbonyl (C=O) groups is 1. The van der Waals surface area contributed by atoms with E-state index in [4.69, 9.17) is 11.6 Å². The lowest BCUT2D eigenvalue weighted by molar-refractivity contribution is 0.0776. The standard InChI is InChI=1S/C10H11BrClN5O/c1-16(5-8-6(11)3-14-17(8)2)10(18)9-7(12)4-13-15-9/h3-4H,5H2,1-2H3,(H,13,15). The molecule has 0 spiro atoms. The molecule has 0 aliphatic rings. The van der Waals surface area contributed by atoms with Gasteiger partial charge in [0.1, 0.15) is 5.69 Å². The average Bonchev–Trinajstić information content (AvgIpc) is 2.88. The molecule has 0 fully saturated rings. The number of aromatic amines is 1. The first-order valence-electron chi connectivity index (χ1n) is 5.11. The summed E-state index contributed by atoms with van der Waals surface area (Å²) in [5, 5.41) is 10.7. The molecule has 1 N–H and O–H groups in total. The predicted molar refractivity (Wildman–Crippen MR) is 70.3 cm³/mol. The van der Waals surface area contributed by atoms with Gasteiger partial charge in [-0.3, -0.25) is 14.6 Å². The van der Waals surface area contributed by atoms with Crippen LogP contribution in [-0.4, -0.2) is 37.8 Å². The number of H-pyrrole nitrogens is 1. The van der Waals surface area contributed by atoms with Gasteiger partial charge in [-0.05, 0) is 15.9 Å². The number of carbonyl (C=O) groups excluding carboxylic acids is 1. The highest BCUT2D eigenvalue weighted by Gasteiger charge is 2.19. The van der Waals surface area contributed by atoms with Crippen molar-refractivity contribution >= 4 is 33.4 Å². The largest absolute Gasteiger partial charge is 0.334 e. The Bertz CT molecular complexity index is 559. The molecule has 2 rings (SSSR count). The number of hydrogen-bond acceptors (Lipinski definition) is 3. The van der Waals surface area contributed by atoms with E-state index in [1.54, 1.807) is 22.8 Å². The second-order valence-corrected chi connectivity index (χ2v) is 5.08. The fourth-order valence-corrected chi connectivity index (χ4v) is 2.17. The van der Waals surface area contributed by atoms with Crippen LogP contribution in [0.15, 0.2) is 16.9 Å². The average molecular weight is 333 g/mol. The summed E-state index contributed by atoms with van der Waals surface area (Å²) in [5.41, 5.74) is 1.19. The Morgan fingerprint density at radius 1 is 1.61 bits per heavy atom. The Balaban J connectivity index is 2.16. The first-order chi connectivity index (χ1) is 8.50. The number of hydrogen-bond donors (Lipinski definition) is 1.